The van der Waals surface area contributed by atoms with Gasteiger partial charge < -0.3 is 10.6 Å². The smallest absolute Gasteiger partial charge is 0.246 e. The van der Waals surface area contributed by atoms with Gasteiger partial charge in [0.15, 0.2) is 0 Å². The Labute approximate surface area is 153 Å². The normalized spacial score (nSPS) is 21.8. The second kappa shape index (κ2) is 8.15. The summed E-state index contributed by atoms with van der Waals surface area (Å²) in [5.41, 5.74) is 6.82. The van der Waals surface area contributed by atoms with Crippen molar-refractivity contribution in [2.75, 3.05) is 19.6 Å². The number of benzene rings is 1. The van der Waals surface area contributed by atoms with Crippen LogP contribution in [0.25, 0.3) is 6.08 Å². The molecular weight excluding hydrogens is 328 g/mol. The highest BCUT2D eigenvalue weighted by Crippen LogP contribution is 2.26. The van der Waals surface area contributed by atoms with E-state index in [-0.39, 0.29) is 17.9 Å². The molecule has 3 rings (SSSR count). The number of primary amides is 1. The van der Waals surface area contributed by atoms with Gasteiger partial charge in [0.25, 0.3) is 0 Å². The van der Waals surface area contributed by atoms with Gasteiger partial charge in [0.2, 0.25) is 11.8 Å². The molecule has 6 heteroatoms. The molecule has 0 bridgehead atoms. The van der Waals surface area contributed by atoms with Gasteiger partial charge in [-0.1, -0.05) is 18.2 Å². The van der Waals surface area contributed by atoms with Crippen molar-refractivity contribution in [3.63, 3.8) is 0 Å². The van der Waals surface area contributed by atoms with Crippen molar-refractivity contribution >= 4 is 17.9 Å². The number of carbonyl (C=O) groups is 2. The van der Waals surface area contributed by atoms with E-state index in [1.807, 2.05) is 17.0 Å². The molecule has 0 spiro atoms. The molecule has 2 aliphatic heterocycles. The lowest BCUT2D eigenvalue weighted by atomic mass is 10.0. The zero-order valence-corrected chi connectivity index (χ0v) is 14.8. The molecule has 2 amide bonds. The summed E-state index contributed by atoms with van der Waals surface area (Å²) in [6.45, 7) is 2.27. The number of amides is 2. The predicted molar refractivity (Wildman–Crippen MR) is 98.7 cm³/mol. The fourth-order valence-corrected chi connectivity index (χ4v) is 3.96. The summed E-state index contributed by atoms with van der Waals surface area (Å²) in [6.07, 6.45) is 6.81. The van der Waals surface area contributed by atoms with Crippen molar-refractivity contribution in [3.8, 4) is 6.07 Å². The molecule has 2 fully saturated rings. The van der Waals surface area contributed by atoms with Crippen molar-refractivity contribution in [1.29, 1.82) is 5.26 Å². The lowest BCUT2D eigenvalue weighted by molar-refractivity contribution is -0.129. The third kappa shape index (κ3) is 3.94. The van der Waals surface area contributed by atoms with Crippen LogP contribution in [0.15, 0.2) is 30.3 Å². The van der Waals surface area contributed by atoms with E-state index in [1.54, 1.807) is 24.3 Å². The molecule has 1 aromatic carbocycles. The fourth-order valence-electron chi connectivity index (χ4n) is 3.96. The molecule has 0 saturated carbocycles. The van der Waals surface area contributed by atoms with E-state index in [4.69, 9.17) is 11.0 Å². The minimum absolute atomic E-state index is 0.0379. The van der Waals surface area contributed by atoms with Crippen LogP contribution in [0.5, 0.6) is 0 Å². The molecule has 1 aromatic rings. The van der Waals surface area contributed by atoms with E-state index in [2.05, 4.69) is 11.0 Å². The van der Waals surface area contributed by atoms with Crippen LogP contribution in [0.2, 0.25) is 0 Å². The van der Waals surface area contributed by atoms with Crippen molar-refractivity contribution in [3.05, 3.63) is 41.5 Å². The first-order chi connectivity index (χ1) is 12.6. The number of hydrogen-bond donors (Lipinski definition) is 1. The summed E-state index contributed by atoms with van der Waals surface area (Å²) >= 11 is 0. The average molecular weight is 352 g/mol. The van der Waals surface area contributed by atoms with Gasteiger partial charge in [-0.05, 0) is 49.9 Å². The first kappa shape index (κ1) is 18.2. The zero-order valence-electron chi connectivity index (χ0n) is 14.8. The molecule has 2 heterocycles. The Morgan fingerprint density at radius 2 is 1.88 bits per heavy atom. The summed E-state index contributed by atoms with van der Waals surface area (Å²) in [5.74, 6) is -0.274. The maximum atomic E-state index is 12.4. The monoisotopic (exact) mass is 352 g/mol. The van der Waals surface area contributed by atoms with Gasteiger partial charge in [-0.15, -0.1) is 0 Å². The van der Waals surface area contributed by atoms with E-state index in [0.29, 0.717) is 24.7 Å². The summed E-state index contributed by atoms with van der Waals surface area (Å²) in [6, 6.07) is 9.52. The van der Waals surface area contributed by atoms with Gasteiger partial charge in [0.1, 0.15) is 0 Å². The van der Waals surface area contributed by atoms with E-state index in [0.717, 1.165) is 37.8 Å². The highest BCUT2D eigenvalue weighted by atomic mass is 16.2. The first-order valence-corrected chi connectivity index (χ1v) is 9.11. The molecule has 0 aliphatic carbocycles. The quantitative estimate of drug-likeness (QED) is 0.832. The number of likely N-dealkylation sites (tertiary alicyclic amines) is 2. The van der Waals surface area contributed by atoms with E-state index in [9.17, 15) is 9.59 Å². The molecule has 26 heavy (non-hydrogen) atoms. The van der Waals surface area contributed by atoms with Crippen molar-refractivity contribution in [1.82, 2.24) is 9.80 Å². The van der Waals surface area contributed by atoms with E-state index in [1.165, 1.54) is 0 Å². The largest absolute Gasteiger partial charge is 0.368 e. The maximum absolute atomic E-state index is 12.4. The van der Waals surface area contributed by atoms with Crippen LogP contribution in [0.1, 0.15) is 36.8 Å². The van der Waals surface area contributed by atoms with Crippen molar-refractivity contribution in [2.24, 2.45) is 5.73 Å². The number of rotatable bonds is 4. The Morgan fingerprint density at radius 1 is 1.15 bits per heavy atom. The molecule has 0 radical (unpaired) electrons. The highest BCUT2D eigenvalue weighted by Gasteiger charge is 2.36. The van der Waals surface area contributed by atoms with Crippen molar-refractivity contribution in [2.45, 2.75) is 37.8 Å². The SMILES string of the molecule is N#Cc1ccccc1/C=C/C(=O)N1CCC(N2CCCC2C(N)=O)CC1. The number of nitrogens with zero attached hydrogens (tertiary/aromatic N) is 3. The fraction of sp³-hybridized carbons (Fsp3) is 0.450. The maximum Gasteiger partial charge on any atom is 0.246 e. The van der Waals surface area contributed by atoms with Gasteiger partial charge in [-0.25, -0.2) is 0 Å². The standard InChI is InChI=1S/C20H24N4O2/c21-14-16-5-2-1-4-15(16)7-8-19(25)23-12-9-17(10-13-23)24-11-3-6-18(24)20(22)26/h1-2,4-5,7-8,17-18H,3,6,9-13H2,(H2,22,26)/b8-7+. The zero-order chi connectivity index (χ0) is 18.5. The van der Waals surface area contributed by atoms with Crippen LogP contribution in [-0.4, -0.2) is 53.3 Å². The Morgan fingerprint density at radius 3 is 2.58 bits per heavy atom. The van der Waals surface area contributed by atoms with Crippen LogP contribution in [-0.2, 0) is 9.59 Å². The van der Waals surface area contributed by atoms with Gasteiger partial charge in [0, 0.05) is 25.2 Å². The van der Waals surface area contributed by atoms with Crippen LogP contribution >= 0.6 is 0 Å². The summed E-state index contributed by atoms with van der Waals surface area (Å²) in [7, 11) is 0. The van der Waals surface area contributed by atoms with Crippen LogP contribution in [0.3, 0.4) is 0 Å². The number of carbonyl (C=O) groups excluding carboxylic acids is 2. The number of piperidine rings is 1. The molecule has 136 valence electrons. The third-order valence-electron chi connectivity index (χ3n) is 5.35. The van der Waals surface area contributed by atoms with Crippen LogP contribution in [0.4, 0.5) is 0 Å². The molecule has 2 saturated heterocycles. The number of nitriles is 1. The number of nitrogens with two attached hydrogens (primary N) is 1. The molecule has 0 aromatic heterocycles. The van der Waals surface area contributed by atoms with Crippen LogP contribution in [0, 0.1) is 11.3 Å². The summed E-state index contributed by atoms with van der Waals surface area (Å²) in [4.78, 5) is 28.1. The predicted octanol–water partition coefficient (Wildman–Crippen LogP) is 1.51. The Bertz CT molecular complexity index is 744. The lowest BCUT2D eigenvalue weighted by Gasteiger charge is -2.38. The van der Waals surface area contributed by atoms with Gasteiger partial charge in [-0.2, -0.15) is 5.26 Å². The van der Waals surface area contributed by atoms with Gasteiger partial charge >= 0.3 is 0 Å². The van der Waals surface area contributed by atoms with Gasteiger partial charge in [-0.3, -0.25) is 14.5 Å². The Hall–Kier alpha value is -2.65. The third-order valence-corrected chi connectivity index (χ3v) is 5.35. The second-order valence-electron chi connectivity index (χ2n) is 6.89. The molecule has 1 unspecified atom stereocenters. The Kier molecular flexibility index (Phi) is 5.69. The highest BCUT2D eigenvalue weighted by molar-refractivity contribution is 5.92. The minimum atomic E-state index is -0.236. The van der Waals surface area contributed by atoms with Crippen molar-refractivity contribution < 1.29 is 9.59 Å². The molecule has 1 atom stereocenters. The van der Waals surface area contributed by atoms with E-state index >= 15 is 0 Å². The molecule has 2 N–H and O–H groups in total. The molecule has 2 aliphatic rings. The summed E-state index contributed by atoms with van der Waals surface area (Å²) < 4.78 is 0. The average Bonchev–Trinajstić information content (AvgIpc) is 3.16. The summed E-state index contributed by atoms with van der Waals surface area (Å²) in [5, 5.41) is 9.11. The molecular formula is C20H24N4O2. The second-order valence-corrected chi connectivity index (χ2v) is 6.89. The van der Waals surface area contributed by atoms with Crippen LogP contribution < -0.4 is 5.73 Å². The van der Waals surface area contributed by atoms with Gasteiger partial charge in [0.05, 0.1) is 17.7 Å². The lowest BCUT2D eigenvalue weighted by Crippen LogP contribution is -2.51. The van der Waals surface area contributed by atoms with E-state index < -0.39 is 0 Å². The minimum Gasteiger partial charge on any atom is -0.368 e. The first-order valence-electron chi connectivity index (χ1n) is 9.11. The topological polar surface area (TPSA) is 90.4 Å². The number of hydrogen-bond acceptors (Lipinski definition) is 4. The Balaban J connectivity index is 1.56. The molecule has 6 nitrogen and oxygen atoms in total.